The first-order valence-electron chi connectivity index (χ1n) is 12.1. The van der Waals surface area contributed by atoms with E-state index in [1.165, 1.54) is 18.2 Å². The van der Waals surface area contributed by atoms with Crippen molar-refractivity contribution < 1.29 is 33.4 Å². The molecule has 0 aromatic heterocycles. The number of aliphatic hydroxyl groups excluding tert-OH is 1. The third kappa shape index (κ3) is 9.13. The average Bonchev–Trinajstić information content (AvgIpc) is 2.83. The number of hydrogen-bond donors (Lipinski definition) is 4. The van der Waals surface area contributed by atoms with E-state index in [0.717, 1.165) is 0 Å². The van der Waals surface area contributed by atoms with E-state index in [1.54, 1.807) is 44.2 Å². The van der Waals surface area contributed by atoms with Crippen LogP contribution in [0.25, 0.3) is 0 Å². The minimum Gasteiger partial charge on any atom is -0.508 e. The molecule has 2 rings (SSSR count). The second kappa shape index (κ2) is 13.1. The van der Waals surface area contributed by atoms with Gasteiger partial charge in [0.2, 0.25) is 5.91 Å². The second-order valence-corrected chi connectivity index (χ2v) is 9.31. The van der Waals surface area contributed by atoms with Crippen LogP contribution in [0.15, 0.2) is 48.5 Å². The fourth-order valence-corrected chi connectivity index (χ4v) is 3.73. The van der Waals surface area contributed by atoms with Gasteiger partial charge in [0.05, 0.1) is 19.1 Å². The van der Waals surface area contributed by atoms with Crippen LogP contribution < -0.4 is 10.6 Å². The van der Waals surface area contributed by atoms with E-state index in [2.05, 4.69) is 10.6 Å². The Kier molecular flexibility index (Phi) is 10.5. The lowest BCUT2D eigenvalue weighted by Gasteiger charge is -2.31. The molecular weight excluding hydrogens is 484 g/mol. The normalized spacial score (nSPS) is 13.8. The molecule has 2 aromatic carbocycles. The largest absolute Gasteiger partial charge is 0.508 e. The van der Waals surface area contributed by atoms with Gasteiger partial charge in [-0.25, -0.2) is 8.78 Å². The molecule has 0 heterocycles. The number of amides is 3. The fourth-order valence-electron chi connectivity index (χ4n) is 3.73. The maximum Gasteiger partial charge on any atom is 0.262 e. The van der Waals surface area contributed by atoms with Gasteiger partial charge in [-0.2, -0.15) is 0 Å². The summed E-state index contributed by atoms with van der Waals surface area (Å²) in [6.45, 7) is 3.96. The summed E-state index contributed by atoms with van der Waals surface area (Å²) in [6.07, 6.45) is -1.32. The van der Waals surface area contributed by atoms with E-state index in [4.69, 9.17) is 0 Å². The fraction of sp³-hybridized carbons (Fsp3) is 0.444. The Labute approximate surface area is 215 Å². The molecule has 0 spiro atoms. The number of phenolic OH excluding ortho intramolecular Hbond substituents is 1. The first-order chi connectivity index (χ1) is 17.3. The zero-order chi connectivity index (χ0) is 27.8. The average molecular weight is 520 g/mol. The molecular formula is C27H35F2N3O5. The van der Waals surface area contributed by atoms with Gasteiger partial charge in [0, 0.05) is 24.1 Å². The quantitative estimate of drug-likeness (QED) is 0.344. The Morgan fingerprint density at radius 2 is 1.70 bits per heavy atom. The molecule has 202 valence electrons. The number of phenols is 1. The van der Waals surface area contributed by atoms with Gasteiger partial charge in [-0.1, -0.05) is 43.3 Å². The molecule has 0 fully saturated rings. The van der Waals surface area contributed by atoms with Gasteiger partial charge in [-0.3, -0.25) is 14.4 Å². The number of carbonyl (C=O) groups excluding carboxylic acids is 3. The van der Waals surface area contributed by atoms with Crippen LogP contribution in [0.1, 0.15) is 48.7 Å². The number of carbonyl (C=O) groups is 3. The minimum atomic E-state index is -3.33. The number of halogens is 2. The van der Waals surface area contributed by atoms with Gasteiger partial charge in [0.15, 0.2) is 6.10 Å². The van der Waals surface area contributed by atoms with E-state index < -0.39 is 48.9 Å². The molecule has 37 heavy (non-hydrogen) atoms. The summed E-state index contributed by atoms with van der Waals surface area (Å²) in [6, 6.07) is 11.6. The van der Waals surface area contributed by atoms with Crippen molar-refractivity contribution in [3.05, 3.63) is 65.2 Å². The molecule has 0 aliphatic rings. The summed E-state index contributed by atoms with van der Waals surface area (Å²) in [7, 11) is 0. The van der Waals surface area contributed by atoms with Crippen molar-refractivity contribution in [2.24, 2.45) is 0 Å². The highest BCUT2D eigenvalue weighted by atomic mass is 19.3. The Hall–Kier alpha value is -3.53. The molecule has 2 aromatic rings. The molecule has 0 saturated heterocycles. The first kappa shape index (κ1) is 29.7. The molecule has 4 N–H and O–H groups in total. The van der Waals surface area contributed by atoms with Crippen molar-refractivity contribution in [1.29, 1.82) is 0 Å². The molecule has 3 amide bonds. The van der Waals surface area contributed by atoms with Gasteiger partial charge >= 0.3 is 0 Å². The first-order valence-corrected chi connectivity index (χ1v) is 12.1. The molecule has 0 bridgehead atoms. The summed E-state index contributed by atoms with van der Waals surface area (Å²) < 4.78 is 27.9. The molecule has 0 aliphatic heterocycles. The smallest absolute Gasteiger partial charge is 0.262 e. The topological polar surface area (TPSA) is 119 Å². The summed E-state index contributed by atoms with van der Waals surface area (Å²) in [5, 5.41) is 26.2. The summed E-state index contributed by atoms with van der Waals surface area (Å²) in [5.74, 6) is -5.86. The number of aromatic hydroxyl groups is 1. The molecule has 0 saturated carbocycles. The highest BCUT2D eigenvalue weighted by Crippen LogP contribution is 2.21. The van der Waals surface area contributed by atoms with Gasteiger partial charge in [0.1, 0.15) is 5.75 Å². The highest BCUT2D eigenvalue weighted by Gasteiger charge is 2.36. The van der Waals surface area contributed by atoms with E-state index in [0.29, 0.717) is 29.4 Å². The van der Waals surface area contributed by atoms with Gasteiger partial charge < -0.3 is 25.7 Å². The van der Waals surface area contributed by atoms with Gasteiger partial charge in [-0.15, -0.1) is 0 Å². The molecule has 0 aliphatic carbocycles. The Morgan fingerprint density at radius 1 is 1.05 bits per heavy atom. The van der Waals surface area contributed by atoms with E-state index in [9.17, 15) is 33.4 Å². The second-order valence-electron chi connectivity index (χ2n) is 9.31. The zero-order valence-electron chi connectivity index (χ0n) is 21.5. The third-order valence-corrected chi connectivity index (χ3v) is 5.93. The number of nitrogens with one attached hydrogen (secondary N) is 2. The van der Waals surface area contributed by atoms with Crippen LogP contribution in [0.3, 0.4) is 0 Å². The number of aliphatic hydroxyl groups is 1. The maximum atomic E-state index is 13.9. The minimum absolute atomic E-state index is 0.00672. The van der Waals surface area contributed by atoms with Crippen molar-refractivity contribution in [1.82, 2.24) is 15.5 Å². The highest BCUT2D eigenvalue weighted by molar-refractivity contribution is 5.97. The Bertz CT molecular complexity index is 1080. The van der Waals surface area contributed by atoms with Crippen molar-refractivity contribution in [2.45, 2.75) is 64.6 Å². The standard InChI is InChI=1S/C27H35F2N3O5/c1-5-17(2)30-23(34)15-32(16-27(4,28)29)26(37)24(35)21(14-19-10-7-6-8-11-19)31-25(36)20-12-9-13-22(33)18(20)3/h6-13,17,21,24,33,35H,5,14-16H2,1-4H3,(H,30,34)(H,31,36). The van der Waals surface area contributed by atoms with Crippen LogP contribution in [0, 0.1) is 6.92 Å². The van der Waals surface area contributed by atoms with Crippen LogP contribution in [0.4, 0.5) is 8.78 Å². The van der Waals surface area contributed by atoms with Crippen LogP contribution in [0.5, 0.6) is 5.75 Å². The van der Waals surface area contributed by atoms with Crippen LogP contribution >= 0.6 is 0 Å². The predicted molar refractivity (Wildman–Crippen MR) is 135 cm³/mol. The predicted octanol–water partition coefficient (Wildman–Crippen LogP) is 2.80. The molecule has 8 nitrogen and oxygen atoms in total. The maximum absolute atomic E-state index is 13.9. The van der Waals surface area contributed by atoms with Gasteiger partial charge in [0.25, 0.3) is 17.7 Å². The SMILES string of the molecule is CCC(C)NC(=O)CN(CC(C)(F)F)C(=O)C(O)C(Cc1ccccc1)NC(=O)c1cccc(O)c1C. The summed E-state index contributed by atoms with van der Waals surface area (Å²) in [4.78, 5) is 39.3. The Balaban J connectivity index is 2.34. The summed E-state index contributed by atoms with van der Waals surface area (Å²) in [5.41, 5.74) is 1.10. The lowest BCUT2D eigenvalue weighted by atomic mass is 9.98. The van der Waals surface area contributed by atoms with Crippen molar-refractivity contribution in [3.63, 3.8) is 0 Å². The Morgan fingerprint density at radius 3 is 2.30 bits per heavy atom. The van der Waals surface area contributed by atoms with Crippen LogP contribution in [0.2, 0.25) is 0 Å². The molecule has 3 unspecified atom stereocenters. The van der Waals surface area contributed by atoms with E-state index in [1.807, 2.05) is 6.92 Å². The summed E-state index contributed by atoms with van der Waals surface area (Å²) >= 11 is 0. The van der Waals surface area contributed by atoms with Crippen LogP contribution in [-0.2, 0) is 16.0 Å². The molecule has 0 radical (unpaired) electrons. The van der Waals surface area contributed by atoms with Crippen molar-refractivity contribution in [2.75, 3.05) is 13.1 Å². The van der Waals surface area contributed by atoms with Crippen molar-refractivity contribution >= 4 is 17.7 Å². The molecule has 10 heteroatoms. The number of hydrogen-bond acceptors (Lipinski definition) is 5. The lowest BCUT2D eigenvalue weighted by Crippen LogP contribution is -2.56. The number of alkyl halides is 2. The number of nitrogens with zero attached hydrogens (tertiary/aromatic N) is 1. The monoisotopic (exact) mass is 519 g/mol. The van der Waals surface area contributed by atoms with E-state index in [-0.39, 0.29) is 23.8 Å². The number of rotatable bonds is 12. The number of benzene rings is 2. The molecule has 3 atom stereocenters. The van der Waals surface area contributed by atoms with Crippen LogP contribution in [-0.4, -0.2) is 70.0 Å². The van der Waals surface area contributed by atoms with Crippen molar-refractivity contribution in [3.8, 4) is 5.75 Å². The zero-order valence-corrected chi connectivity index (χ0v) is 21.5. The van der Waals surface area contributed by atoms with E-state index >= 15 is 0 Å². The lowest BCUT2D eigenvalue weighted by molar-refractivity contribution is -0.149. The third-order valence-electron chi connectivity index (χ3n) is 5.93. The van der Waals surface area contributed by atoms with Gasteiger partial charge in [-0.05, 0) is 44.4 Å².